The molecule has 3 atom stereocenters. The zero-order valence-corrected chi connectivity index (χ0v) is 37.8. The summed E-state index contributed by atoms with van der Waals surface area (Å²) in [5, 5.41) is 18.3. The third-order valence-corrected chi connectivity index (χ3v) is 10.3. The number of carbonyl (C=O) groups excluding carboxylic acids is 2. The Morgan fingerprint density at radius 1 is 0.508 bits per heavy atom. The van der Waals surface area contributed by atoms with Gasteiger partial charge in [0, 0.05) is 12.8 Å². The van der Waals surface area contributed by atoms with Crippen molar-refractivity contribution in [3.8, 4) is 0 Å². The van der Waals surface area contributed by atoms with Gasteiger partial charge in [0.2, 0.25) is 0 Å². The molecule has 1 unspecified atom stereocenters. The zero-order chi connectivity index (χ0) is 43.3. The Labute approximate surface area is 358 Å². The van der Waals surface area contributed by atoms with E-state index in [9.17, 15) is 24.2 Å². The molecule has 0 saturated heterocycles. The van der Waals surface area contributed by atoms with Crippen LogP contribution in [0, 0.1) is 0 Å². The van der Waals surface area contributed by atoms with Crippen LogP contribution in [0.4, 0.5) is 0 Å². The fourth-order valence-electron chi connectivity index (χ4n) is 5.79. The van der Waals surface area contributed by atoms with E-state index in [2.05, 4.69) is 79.1 Å². The molecular formula is C48H83O10P. The summed E-state index contributed by atoms with van der Waals surface area (Å²) >= 11 is 0. The molecule has 0 bridgehead atoms. The fourth-order valence-corrected chi connectivity index (χ4v) is 6.58. The molecule has 11 heteroatoms. The summed E-state index contributed by atoms with van der Waals surface area (Å²) in [5.74, 6) is -1.03. The molecule has 3 N–H and O–H groups in total. The number of phosphoric acid groups is 1. The predicted octanol–water partition coefficient (Wildman–Crippen LogP) is 12.4. The average molecular weight is 851 g/mol. The second-order valence-electron chi connectivity index (χ2n) is 15.1. The maximum atomic E-state index is 12.6. The van der Waals surface area contributed by atoms with Crippen molar-refractivity contribution in [2.24, 2.45) is 0 Å². The van der Waals surface area contributed by atoms with Crippen LogP contribution in [0.25, 0.3) is 0 Å². The van der Waals surface area contributed by atoms with Crippen LogP contribution in [0.5, 0.6) is 0 Å². The monoisotopic (exact) mass is 851 g/mol. The molecule has 0 rings (SSSR count). The van der Waals surface area contributed by atoms with Gasteiger partial charge in [-0.25, -0.2) is 4.57 Å². The Morgan fingerprint density at radius 2 is 0.915 bits per heavy atom. The number of hydrogen-bond donors (Lipinski definition) is 3. The molecule has 0 heterocycles. The molecule has 0 aliphatic heterocycles. The van der Waals surface area contributed by atoms with Crippen LogP contribution in [-0.2, 0) is 32.7 Å². The van der Waals surface area contributed by atoms with Crippen molar-refractivity contribution in [1.29, 1.82) is 0 Å². The average Bonchev–Trinajstić information content (AvgIpc) is 3.22. The highest BCUT2D eigenvalue weighted by atomic mass is 31.2. The SMILES string of the molecule is CCCCC/C=C/C/C=C/C/C=C/C/C=C/C/C=C/CCC(=O)O[C@H](COC(=O)CCCCCCCCC/C=C/CCCCCCCC)COP(=O)(O)OC[C@@H](O)CO. The highest BCUT2D eigenvalue weighted by molar-refractivity contribution is 7.47. The van der Waals surface area contributed by atoms with Crippen molar-refractivity contribution in [3.63, 3.8) is 0 Å². The summed E-state index contributed by atoms with van der Waals surface area (Å²) in [6, 6.07) is 0. The van der Waals surface area contributed by atoms with E-state index in [0.29, 0.717) is 12.8 Å². The molecule has 0 aromatic heterocycles. The molecule has 0 saturated carbocycles. The highest BCUT2D eigenvalue weighted by Gasteiger charge is 2.27. The van der Waals surface area contributed by atoms with E-state index in [4.69, 9.17) is 19.1 Å². The lowest BCUT2D eigenvalue weighted by atomic mass is 10.1. The summed E-state index contributed by atoms with van der Waals surface area (Å²) < 4.78 is 32.7. The molecule has 0 aliphatic rings. The molecule has 0 aromatic carbocycles. The van der Waals surface area contributed by atoms with Gasteiger partial charge >= 0.3 is 19.8 Å². The third kappa shape index (κ3) is 43.3. The zero-order valence-electron chi connectivity index (χ0n) is 36.9. The number of esters is 2. The molecule has 0 spiro atoms. The van der Waals surface area contributed by atoms with Crippen molar-refractivity contribution in [3.05, 3.63) is 72.9 Å². The van der Waals surface area contributed by atoms with Gasteiger partial charge in [-0.2, -0.15) is 0 Å². The number of allylic oxidation sites excluding steroid dienone is 12. The fraction of sp³-hybridized carbons (Fsp3) is 0.708. The first-order valence-corrected chi connectivity index (χ1v) is 24.4. The van der Waals surface area contributed by atoms with Gasteiger partial charge in [-0.1, -0.05) is 164 Å². The van der Waals surface area contributed by atoms with Gasteiger partial charge in [0.05, 0.1) is 19.8 Å². The number of aliphatic hydroxyl groups excluding tert-OH is 2. The van der Waals surface area contributed by atoms with Gasteiger partial charge in [0.25, 0.3) is 0 Å². The van der Waals surface area contributed by atoms with E-state index in [-0.39, 0.29) is 19.4 Å². The maximum absolute atomic E-state index is 12.6. The van der Waals surface area contributed by atoms with Gasteiger partial charge in [-0.3, -0.25) is 18.6 Å². The van der Waals surface area contributed by atoms with Crippen molar-refractivity contribution in [2.45, 2.75) is 193 Å². The topological polar surface area (TPSA) is 149 Å². The summed E-state index contributed by atoms with van der Waals surface area (Å²) in [7, 11) is -4.64. The van der Waals surface area contributed by atoms with Gasteiger partial charge in [-0.15, -0.1) is 0 Å². The lowest BCUT2D eigenvalue weighted by Gasteiger charge is -2.20. The van der Waals surface area contributed by atoms with Crippen LogP contribution >= 0.6 is 7.82 Å². The Balaban J connectivity index is 4.41. The van der Waals surface area contributed by atoms with Gasteiger partial charge < -0.3 is 24.6 Å². The van der Waals surface area contributed by atoms with E-state index in [1.165, 1.54) is 89.9 Å². The summed E-state index contributed by atoms with van der Waals surface area (Å²) in [6.45, 7) is 2.26. The summed E-state index contributed by atoms with van der Waals surface area (Å²) in [6.07, 6.45) is 50.2. The first-order valence-electron chi connectivity index (χ1n) is 22.9. The molecule has 0 amide bonds. The Bertz CT molecular complexity index is 1210. The van der Waals surface area contributed by atoms with Crippen LogP contribution in [0.3, 0.4) is 0 Å². The van der Waals surface area contributed by atoms with Gasteiger partial charge in [0.1, 0.15) is 12.7 Å². The second kappa shape index (κ2) is 43.5. The van der Waals surface area contributed by atoms with E-state index < -0.39 is 51.8 Å². The number of aliphatic hydroxyl groups is 2. The molecular weight excluding hydrogens is 767 g/mol. The Morgan fingerprint density at radius 3 is 1.44 bits per heavy atom. The Hall–Kier alpha value is -2.59. The predicted molar refractivity (Wildman–Crippen MR) is 242 cm³/mol. The molecule has 59 heavy (non-hydrogen) atoms. The molecule has 10 nitrogen and oxygen atoms in total. The minimum absolute atomic E-state index is 0.0570. The number of ether oxygens (including phenoxy) is 2. The van der Waals surface area contributed by atoms with E-state index >= 15 is 0 Å². The molecule has 0 fully saturated rings. The van der Waals surface area contributed by atoms with Crippen LogP contribution in [0.15, 0.2) is 72.9 Å². The quantitative estimate of drug-likeness (QED) is 0.0234. The highest BCUT2D eigenvalue weighted by Crippen LogP contribution is 2.43. The normalized spacial score (nSPS) is 14.5. The molecule has 340 valence electrons. The second-order valence-corrected chi connectivity index (χ2v) is 16.5. The smallest absolute Gasteiger partial charge is 0.462 e. The van der Waals surface area contributed by atoms with Crippen LogP contribution in [-0.4, -0.2) is 65.7 Å². The third-order valence-electron chi connectivity index (χ3n) is 9.35. The first kappa shape index (κ1) is 56.4. The van der Waals surface area contributed by atoms with Crippen molar-refractivity contribution in [2.75, 3.05) is 26.4 Å². The van der Waals surface area contributed by atoms with Gasteiger partial charge in [0.15, 0.2) is 6.10 Å². The van der Waals surface area contributed by atoms with Crippen LogP contribution in [0.2, 0.25) is 0 Å². The standard InChI is InChI=1S/C48H83O10P/c1-3-5-7-9-11-13-15-17-19-21-22-24-26-28-30-32-34-36-38-40-48(52)58-46(44-57-59(53,54)56-42-45(50)41-49)43-55-47(51)39-37-35-33-31-29-27-25-23-20-18-16-14-12-10-8-6-4-2/h11,13,17-20,22,24,28,30,34,36,45-46,49-50H,3-10,12,14-16,21,23,25-27,29,31-33,35,37-44H2,1-2H3,(H,53,54)/b13-11+,19-17+,20-18+,24-22+,30-28+,36-34+/t45-,46+/m0/s1. The number of phosphoric ester groups is 1. The minimum atomic E-state index is -4.64. The van der Waals surface area contributed by atoms with E-state index in [1.54, 1.807) is 0 Å². The van der Waals surface area contributed by atoms with Crippen molar-refractivity contribution in [1.82, 2.24) is 0 Å². The number of unbranched alkanes of at least 4 members (excludes halogenated alkanes) is 16. The van der Waals surface area contributed by atoms with Crippen molar-refractivity contribution < 1.29 is 47.8 Å². The number of carbonyl (C=O) groups is 2. The van der Waals surface area contributed by atoms with Crippen molar-refractivity contribution >= 4 is 19.8 Å². The largest absolute Gasteiger partial charge is 0.472 e. The number of hydrogen-bond acceptors (Lipinski definition) is 9. The van der Waals surface area contributed by atoms with Gasteiger partial charge in [-0.05, 0) is 77.0 Å². The van der Waals surface area contributed by atoms with Crippen LogP contribution < -0.4 is 0 Å². The van der Waals surface area contributed by atoms with Crippen LogP contribution in [0.1, 0.15) is 181 Å². The van der Waals surface area contributed by atoms with E-state index in [1.807, 2.05) is 12.2 Å². The molecule has 0 aliphatic carbocycles. The Kier molecular flexibility index (Phi) is 41.6. The molecule has 0 radical (unpaired) electrons. The summed E-state index contributed by atoms with van der Waals surface area (Å²) in [5.41, 5.74) is 0. The minimum Gasteiger partial charge on any atom is -0.462 e. The lowest BCUT2D eigenvalue weighted by molar-refractivity contribution is -0.161. The molecule has 0 aromatic rings. The summed E-state index contributed by atoms with van der Waals surface area (Å²) in [4.78, 5) is 35.0. The maximum Gasteiger partial charge on any atom is 0.472 e. The van der Waals surface area contributed by atoms with E-state index in [0.717, 1.165) is 51.4 Å². The number of rotatable bonds is 42. The lowest BCUT2D eigenvalue weighted by Crippen LogP contribution is -2.29. The first-order chi connectivity index (χ1) is 28.7.